The lowest BCUT2D eigenvalue weighted by molar-refractivity contribution is -0.137. The van der Waals surface area contributed by atoms with E-state index >= 15 is 0 Å². The highest BCUT2D eigenvalue weighted by Crippen LogP contribution is 2.44. The zero-order chi connectivity index (χ0) is 88.1. The summed E-state index contributed by atoms with van der Waals surface area (Å²) in [5, 5.41) is 44.4. The highest BCUT2D eigenvalue weighted by atomic mass is 19.4. The van der Waals surface area contributed by atoms with Crippen molar-refractivity contribution in [3.8, 4) is 56.8 Å². The monoisotopic (exact) mass is 1730 g/mol. The third-order valence-electron chi connectivity index (χ3n) is 21.0. The lowest BCUT2D eigenvalue weighted by Crippen LogP contribution is -2.31. The Kier molecular flexibility index (Phi) is 23.4. The Labute approximate surface area is 713 Å². The maximum atomic E-state index is 14.0. The number of rotatable bonds is 15. The van der Waals surface area contributed by atoms with Crippen LogP contribution in [0.15, 0.2) is 261 Å². The fourth-order valence-corrected chi connectivity index (χ4v) is 15.1. The number of fused-ring (bicyclic) bond motifs is 6. The van der Waals surface area contributed by atoms with E-state index < -0.39 is 52.8 Å². The molecule has 0 saturated heterocycles. The van der Waals surface area contributed by atoms with Crippen molar-refractivity contribution >= 4 is 90.2 Å². The van der Waals surface area contributed by atoms with Crippen molar-refractivity contribution in [1.29, 1.82) is 0 Å². The largest absolute Gasteiger partial charge is 0.417 e. The molecule has 18 aromatic rings. The molecule has 0 spiro atoms. The third kappa shape index (κ3) is 18.9. The standard InChI is InChI=1S/C28H22F4N6.C24H16F3N5.C22H18F3N5.C19H14F3N5/c29-18-10-11-23-21(14-18)27(37-36-23)35-26-20-12-13-38(15-17-6-2-1-3-7-17)16-24(20)33-25(34-26)19-8-4-5-9-22(19)28(30,31)32;25-24(26,27)18-12-6-4-10-16(18)22-28-20(15-8-2-1-3-9-15)14-21(29-22)30-23-17-11-5-7-13-19(17)31-32-23;23-22(24,25)16-10-4-1-7-13(16)19-26-17-11-5-2-8-14(17)20(27-19)28-21-15-9-3-6-12-18(15)29-30-21;1-11-10-16(25-18-13-7-3-5-9-15(13)26-27-18)24-17(23-11)12-6-2-4-8-14(12)19(20,21)22/h1-11,14H,12-13,15-16H2,(H2,33,34,35,36,37);1-14H,(H2,28,29,30,31,32);1,3-4,6-7,9-10,12H,2,5,8,11H2,(H2,26,27,28,29,30);2-10H,1H3,(H2,23,24,25,26,27). The number of anilines is 8. The summed E-state index contributed by atoms with van der Waals surface area (Å²) in [6, 6.07) is 70.8. The van der Waals surface area contributed by atoms with Crippen molar-refractivity contribution in [3.05, 3.63) is 323 Å². The molecule has 21 nitrogen and oxygen atoms in total. The fraction of sp³-hybridized carbons (Fsp3) is 0.140. The maximum Gasteiger partial charge on any atom is 0.417 e. The number of benzene rings is 10. The number of alkyl halides is 12. The molecule has 8 aromatic heterocycles. The topological polar surface area (TPSA) is 269 Å². The second-order valence-electron chi connectivity index (χ2n) is 29.6. The molecule has 1 aliphatic carbocycles. The van der Waals surface area contributed by atoms with E-state index in [0.29, 0.717) is 101 Å². The number of halogens is 13. The van der Waals surface area contributed by atoms with Crippen molar-refractivity contribution in [2.45, 2.75) is 76.8 Å². The first-order valence-electron chi connectivity index (χ1n) is 39.8. The summed E-state index contributed by atoms with van der Waals surface area (Å²) >= 11 is 0. The molecule has 0 bridgehead atoms. The summed E-state index contributed by atoms with van der Waals surface area (Å²) in [4.78, 5) is 37.8. The van der Waals surface area contributed by atoms with Crippen LogP contribution < -0.4 is 21.3 Å². The number of aromatic amines is 4. The molecular weight excluding hydrogens is 1660 g/mol. The van der Waals surface area contributed by atoms with E-state index in [9.17, 15) is 57.1 Å². The number of aryl methyl sites for hydroxylation is 2. The van der Waals surface area contributed by atoms with E-state index in [0.717, 1.165) is 111 Å². The van der Waals surface area contributed by atoms with Gasteiger partial charge in [-0.15, -0.1) is 0 Å². The number of H-pyrrole nitrogens is 4. The van der Waals surface area contributed by atoms with Crippen LogP contribution in [0.25, 0.3) is 100 Å². The van der Waals surface area contributed by atoms with Crippen LogP contribution in [0.3, 0.4) is 0 Å². The summed E-state index contributed by atoms with van der Waals surface area (Å²) < 4.78 is 177. The first-order chi connectivity index (χ1) is 61.3. The van der Waals surface area contributed by atoms with Gasteiger partial charge in [0.2, 0.25) is 0 Å². The lowest BCUT2D eigenvalue weighted by atomic mass is 9.95. The van der Waals surface area contributed by atoms with Gasteiger partial charge >= 0.3 is 24.7 Å². The van der Waals surface area contributed by atoms with Gasteiger partial charge in [0.25, 0.3) is 0 Å². The van der Waals surface area contributed by atoms with Crippen molar-refractivity contribution in [3.63, 3.8) is 0 Å². The SMILES string of the molecule is Cc1cc(Nc2n[nH]c3ccccc23)nc(-c2ccccc2C(F)(F)F)n1.FC(F)(F)c1ccccc1-c1nc(Nc2n[nH]c3ccccc23)cc(-c2ccccc2)n1.FC(F)(F)c1ccccc1-c1nc2c(c(Nc3n[nH]c4ccccc34)n1)CCCC2.Fc1ccc2[nH]nc(Nc3nc(-c4ccccc4C(F)(F)F)nc4c3CCN(Cc3ccccc3)C4)c2c1. The van der Waals surface area contributed by atoms with Gasteiger partial charge in [0, 0.05) is 104 Å². The summed E-state index contributed by atoms with van der Waals surface area (Å²) in [6.45, 7) is 3.55. The predicted octanol–water partition coefficient (Wildman–Crippen LogP) is 23.7. The smallest absolute Gasteiger partial charge is 0.323 e. The zero-order valence-electron chi connectivity index (χ0n) is 66.7. The van der Waals surface area contributed by atoms with Gasteiger partial charge in [0.1, 0.15) is 29.1 Å². The Hall–Kier alpha value is -15.4. The number of nitrogens with one attached hydrogen (secondary N) is 8. The summed E-state index contributed by atoms with van der Waals surface area (Å²) in [7, 11) is 0. The zero-order valence-corrected chi connectivity index (χ0v) is 66.7. The molecule has 0 unspecified atom stereocenters. The molecule has 638 valence electrons. The molecule has 0 atom stereocenters. The molecule has 1 aliphatic heterocycles. The van der Waals surface area contributed by atoms with E-state index in [1.54, 1.807) is 31.2 Å². The highest BCUT2D eigenvalue weighted by molar-refractivity contribution is 5.94. The van der Waals surface area contributed by atoms with Crippen molar-refractivity contribution in [2.75, 3.05) is 27.8 Å². The van der Waals surface area contributed by atoms with Crippen LogP contribution in [-0.4, -0.2) is 92.1 Å². The minimum absolute atomic E-state index is 0.00488. The van der Waals surface area contributed by atoms with Crippen molar-refractivity contribution < 1.29 is 57.1 Å². The average molecular weight is 1730 g/mol. The van der Waals surface area contributed by atoms with E-state index in [2.05, 4.69) is 107 Å². The van der Waals surface area contributed by atoms with Gasteiger partial charge in [0.15, 0.2) is 46.6 Å². The first kappa shape index (κ1) is 83.9. The van der Waals surface area contributed by atoms with Crippen LogP contribution in [0.1, 0.15) is 68.9 Å². The van der Waals surface area contributed by atoms with Gasteiger partial charge < -0.3 is 21.3 Å². The van der Waals surface area contributed by atoms with Crippen LogP contribution >= 0.6 is 0 Å². The van der Waals surface area contributed by atoms with Gasteiger partial charge in [-0.2, -0.15) is 73.1 Å². The van der Waals surface area contributed by atoms with Crippen molar-refractivity contribution in [2.24, 2.45) is 0 Å². The van der Waals surface area contributed by atoms with E-state index in [4.69, 9.17) is 0 Å². The molecule has 9 heterocycles. The molecular formula is C93H70F13N21. The van der Waals surface area contributed by atoms with E-state index in [-0.39, 0.29) is 45.6 Å². The lowest BCUT2D eigenvalue weighted by Gasteiger charge is -2.29. The average Bonchev–Trinajstić information content (AvgIpc) is 1.71. The Morgan fingerprint density at radius 3 is 1.19 bits per heavy atom. The Morgan fingerprint density at radius 2 is 0.709 bits per heavy atom. The van der Waals surface area contributed by atoms with Gasteiger partial charge in [-0.1, -0.05) is 170 Å². The van der Waals surface area contributed by atoms with Crippen LogP contribution in [0.4, 0.5) is 104 Å². The van der Waals surface area contributed by atoms with E-state index in [1.165, 1.54) is 78.9 Å². The normalized spacial score (nSPS) is 12.9. The van der Waals surface area contributed by atoms with Crippen LogP contribution in [0.5, 0.6) is 0 Å². The Bertz CT molecular complexity index is 7010. The van der Waals surface area contributed by atoms with Gasteiger partial charge in [0.05, 0.1) is 55.7 Å². The Morgan fingerprint density at radius 1 is 0.331 bits per heavy atom. The molecule has 34 heteroatoms. The molecule has 2 aliphatic rings. The molecule has 0 amide bonds. The first-order valence-corrected chi connectivity index (χ1v) is 39.8. The number of aromatic nitrogens is 16. The molecule has 0 radical (unpaired) electrons. The molecule has 10 aromatic carbocycles. The molecule has 0 fully saturated rings. The van der Waals surface area contributed by atoms with E-state index in [1.807, 2.05) is 133 Å². The summed E-state index contributed by atoms with van der Waals surface area (Å²) in [5.41, 5.74) is 5.88. The second-order valence-corrected chi connectivity index (χ2v) is 29.6. The van der Waals surface area contributed by atoms with Crippen molar-refractivity contribution in [1.82, 2.24) is 85.6 Å². The number of hydrogen-bond donors (Lipinski definition) is 8. The molecule has 20 rings (SSSR count). The fourth-order valence-electron chi connectivity index (χ4n) is 15.1. The van der Waals surface area contributed by atoms with Gasteiger partial charge in [-0.25, -0.2) is 44.3 Å². The summed E-state index contributed by atoms with van der Waals surface area (Å²) in [5.74, 6) is 3.16. The number of nitrogens with zero attached hydrogens (tertiary/aromatic N) is 13. The van der Waals surface area contributed by atoms with Crippen LogP contribution in [0, 0.1) is 12.7 Å². The van der Waals surface area contributed by atoms with Crippen LogP contribution in [0.2, 0.25) is 0 Å². The predicted molar refractivity (Wildman–Crippen MR) is 458 cm³/mol. The minimum Gasteiger partial charge on any atom is -0.323 e. The quantitative estimate of drug-likeness (QED) is 0.0443. The molecule has 8 N–H and O–H groups in total. The number of para-hydroxylation sites is 3. The molecule has 0 saturated carbocycles. The number of hydrogen-bond acceptors (Lipinski definition) is 17. The minimum atomic E-state index is -4.57. The maximum absolute atomic E-state index is 14.0. The van der Waals surface area contributed by atoms with Gasteiger partial charge in [-0.05, 0) is 123 Å². The second kappa shape index (κ2) is 35.5. The van der Waals surface area contributed by atoms with Gasteiger partial charge in [-0.3, -0.25) is 25.3 Å². The Balaban J connectivity index is 0.000000120. The highest BCUT2D eigenvalue weighted by Gasteiger charge is 2.39. The molecule has 127 heavy (non-hydrogen) atoms. The van der Waals surface area contributed by atoms with Crippen LogP contribution in [-0.2, 0) is 57.1 Å². The third-order valence-corrected chi connectivity index (χ3v) is 21.0. The summed E-state index contributed by atoms with van der Waals surface area (Å²) in [6.07, 6.45) is -14.1.